The lowest BCUT2D eigenvalue weighted by atomic mass is 9.99. The molecule has 4 heteroatoms. The third kappa shape index (κ3) is 3.09. The summed E-state index contributed by atoms with van der Waals surface area (Å²) in [5.74, 6) is 0. The minimum atomic E-state index is 1.20. The first-order valence-corrected chi connectivity index (χ1v) is 6.87. The topological polar surface area (TPSA) is 24.4 Å². The molecule has 0 bridgehead atoms. The molecule has 10 heavy (non-hydrogen) atoms. The fraction of sp³-hybridized carbons (Fsp3) is 0.833. The molecule has 0 amide bonds. The molecule has 2 nitrogen and oxygen atoms in total. The van der Waals surface area contributed by atoms with Gasteiger partial charge in [0, 0.05) is 36.0 Å². The Kier molecular flexibility index (Phi) is 4.52. The molecule has 0 aromatic carbocycles. The average Bonchev–Trinajstić information content (AvgIpc) is 2.03. The number of rotatable bonds is 2. The molecule has 1 aliphatic rings. The van der Waals surface area contributed by atoms with E-state index in [1.54, 1.807) is 0 Å². The zero-order chi connectivity index (χ0) is 7.23. The van der Waals surface area contributed by atoms with Crippen LogP contribution in [0.4, 0.5) is 0 Å². The Bertz CT molecular complexity index is 119. The van der Waals surface area contributed by atoms with Crippen LogP contribution in [0.5, 0.6) is 0 Å². The number of nitrogens with one attached hydrogen (secondary N) is 1. The number of hydrazone groups is 1. The number of hydrogen-bond donors (Lipinski definition) is 1. The van der Waals surface area contributed by atoms with Crippen LogP contribution < -0.4 is 4.83 Å². The van der Waals surface area contributed by atoms with E-state index in [1.807, 2.05) is 0 Å². The van der Waals surface area contributed by atoms with Crippen LogP contribution in [0.3, 0.4) is 0 Å². The summed E-state index contributed by atoms with van der Waals surface area (Å²) in [6.45, 7) is 0. The van der Waals surface area contributed by atoms with Crippen molar-refractivity contribution in [3.8, 4) is 0 Å². The maximum absolute atomic E-state index is 4.22. The van der Waals surface area contributed by atoms with Crippen LogP contribution >= 0.6 is 30.3 Å². The summed E-state index contributed by atoms with van der Waals surface area (Å²) in [6, 6.07) is 0. The van der Waals surface area contributed by atoms with Gasteiger partial charge in [0.15, 0.2) is 0 Å². The van der Waals surface area contributed by atoms with Gasteiger partial charge in [-0.1, -0.05) is 6.42 Å². The van der Waals surface area contributed by atoms with Gasteiger partial charge in [0.05, 0.1) is 0 Å². The van der Waals surface area contributed by atoms with E-state index in [2.05, 4.69) is 31.1 Å². The molecule has 1 aliphatic carbocycles. The first-order valence-electron chi connectivity index (χ1n) is 3.51. The molecule has 58 valence electrons. The van der Waals surface area contributed by atoms with Crippen LogP contribution in [0.15, 0.2) is 5.10 Å². The SMILES string of the molecule is ISNN=C1CCCCC1. The molecule has 0 aromatic heterocycles. The Morgan fingerprint density at radius 3 is 2.60 bits per heavy atom. The summed E-state index contributed by atoms with van der Waals surface area (Å²) in [5, 5.41) is 4.22. The van der Waals surface area contributed by atoms with Crippen LogP contribution in [0.1, 0.15) is 32.1 Å². The number of halogens is 1. The van der Waals surface area contributed by atoms with Gasteiger partial charge in [-0.2, -0.15) is 5.10 Å². The monoisotopic (exact) mass is 270 g/mol. The Hall–Kier alpha value is 0.550. The summed E-state index contributed by atoms with van der Waals surface area (Å²) in [5.41, 5.74) is 1.34. The molecule has 0 saturated heterocycles. The standard InChI is InChI=1S/C6H11IN2S/c7-10-9-8-6-4-2-1-3-5-6/h9H,1-5H2. The number of nitrogens with zero attached hydrogens (tertiary/aromatic N) is 1. The highest BCUT2D eigenvalue weighted by Gasteiger charge is 2.05. The van der Waals surface area contributed by atoms with E-state index in [-0.39, 0.29) is 0 Å². The predicted octanol–water partition coefficient (Wildman–Crippen LogP) is 2.89. The van der Waals surface area contributed by atoms with Crippen molar-refractivity contribution in [1.82, 2.24) is 4.83 Å². The van der Waals surface area contributed by atoms with Gasteiger partial charge in [-0.3, -0.25) is 0 Å². The normalized spacial score (nSPS) is 18.7. The predicted molar refractivity (Wildman–Crippen MR) is 55.3 cm³/mol. The van der Waals surface area contributed by atoms with E-state index in [9.17, 15) is 0 Å². The van der Waals surface area contributed by atoms with Crippen LogP contribution in [0, 0.1) is 0 Å². The largest absolute Gasteiger partial charge is 0.242 e. The van der Waals surface area contributed by atoms with Crippen LogP contribution in [-0.4, -0.2) is 5.71 Å². The first-order chi connectivity index (χ1) is 4.93. The van der Waals surface area contributed by atoms with Gasteiger partial charge in [-0.05, 0) is 25.7 Å². The summed E-state index contributed by atoms with van der Waals surface area (Å²) in [7, 11) is 1.53. The van der Waals surface area contributed by atoms with Gasteiger partial charge in [0.2, 0.25) is 0 Å². The second-order valence-electron chi connectivity index (χ2n) is 2.41. The molecule has 0 heterocycles. The second kappa shape index (κ2) is 5.23. The highest BCUT2D eigenvalue weighted by Crippen LogP contribution is 2.15. The van der Waals surface area contributed by atoms with Crippen molar-refractivity contribution in [2.24, 2.45) is 5.10 Å². The van der Waals surface area contributed by atoms with Gasteiger partial charge in [-0.15, -0.1) is 0 Å². The molecule has 0 aromatic rings. The Morgan fingerprint density at radius 2 is 2.00 bits per heavy atom. The summed E-state index contributed by atoms with van der Waals surface area (Å²) in [4.78, 5) is 2.91. The highest BCUT2D eigenvalue weighted by atomic mass is 127. The first kappa shape index (κ1) is 8.64. The van der Waals surface area contributed by atoms with Crippen molar-refractivity contribution in [2.45, 2.75) is 32.1 Å². The van der Waals surface area contributed by atoms with E-state index in [1.165, 1.54) is 46.9 Å². The Balaban J connectivity index is 2.23. The van der Waals surface area contributed by atoms with Gasteiger partial charge in [0.25, 0.3) is 0 Å². The average molecular weight is 270 g/mol. The van der Waals surface area contributed by atoms with Crippen molar-refractivity contribution < 1.29 is 0 Å². The minimum Gasteiger partial charge on any atom is -0.242 e. The van der Waals surface area contributed by atoms with Crippen molar-refractivity contribution in [3.05, 3.63) is 0 Å². The lowest BCUT2D eigenvalue weighted by Gasteiger charge is -2.11. The van der Waals surface area contributed by atoms with Crippen molar-refractivity contribution in [3.63, 3.8) is 0 Å². The molecule has 1 fully saturated rings. The maximum Gasteiger partial charge on any atom is 0.0396 e. The third-order valence-corrected chi connectivity index (χ3v) is 2.42. The molecule has 0 radical (unpaired) electrons. The summed E-state index contributed by atoms with van der Waals surface area (Å²) in [6.07, 6.45) is 6.43. The van der Waals surface area contributed by atoms with Crippen molar-refractivity contribution in [2.75, 3.05) is 0 Å². The van der Waals surface area contributed by atoms with Gasteiger partial charge >= 0.3 is 0 Å². The van der Waals surface area contributed by atoms with Crippen molar-refractivity contribution >= 4 is 36.0 Å². The highest BCUT2D eigenvalue weighted by molar-refractivity contribution is 14.2. The van der Waals surface area contributed by atoms with E-state index in [4.69, 9.17) is 0 Å². The smallest absolute Gasteiger partial charge is 0.0396 e. The molecule has 0 spiro atoms. The zero-order valence-electron chi connectivity index (χ0n) is 5.77. The Morgan fingerprint density at radius 1 is 1.30 bits per heavy atom. The summed E-state index contributed by atoms with van der Waals surface area (Å²) < 4.78 is 0. The fourth-order valence-electron chi connectivity index (χ4n) is 1.15. The zero-order valence-corrected chi connectivity index (χ0v) is 8.74. The van der Waals surface area contributed by atoms with Crippen molar-refractivity contribution in [1.29, 1.82) is 0 Å². The molecular formula is C6H11IN2S. The lowest BCUT2D eigenvalue weighted by molar-refractivity contribution is 0.662. The molecule has 1 N–H and O–H groups in total. The molecule has 0 aliphatic heterocycles. The van der Waals surface area contributed by atoms with E-state index < -0.39 is 0 Å². The minimum absolute atomic E-state index is 1.20. The van der Waals surface area contributed by atoms with Gasteiger partial charge in [0.1, 0.15) is 0 Å². The molecule has 0 unspecified atom stereocenters. The molecule has 0 atom stereocenters. The fourth-order valence-corrected chi connectivity index (χ4v) is 1.61. The lowest BCUT2D eigenvalue weighted by Crippen LogP contribution is -2.07. The van der Waals surface area contributed by atoms with E-state index >= 15 is 0 Å². The second-order valence-corrected chi connectivity index (χ2v) is 4.07. The Labute approximate surface area is 77.9 Å². The van der Waals surface area contributed by atoms with Crippen LogP contribution in [0.2, 0.25) is 0 Å². The van der Waals surface area contributed by atoms with Crippen LogP contribution in [0.25, 0.3) is 0 Å². The summed E-state index contributed by atoms with van der Waals surface area (Å²) >= 11 is 2.18. The molecular weight excluding hydrogens is 259 g/mol. The quantitative estimate of drug-likeness (QED) is 0.474. The maximum atomic E-state index is 4.22. The van der Waals surface area contributed by atoms with Gasteiger partial charge < -0.3 is 0 Å². The number of hydrogen-bond acceptors (Lipinski definition) is 3. The van der Waals surface area contributed by atoms with E-state index in [0.29, 0.717) is 0 Å². The van der Waals surface area contributed by atoms with Crippen LogP contribution in [-0.2, 0) is 0 Å². The molecule has 1 saturated carbocycles. The van der Waals surface area contributed by atoms with E-state index in [0.717, 1.165) is 0 Å². The third-order valence-electron chi connectivity index (χ3n) is 1.67. The molecule has 1 rings (SSSR count). The van der Waals surface area contributed by atoms with Gasteiger partial charge in [-0.25, -0.2) is 4.83 Å².